The van der Waals surface area contributed by atoms with Crippen molar-refractivity contribution in [3.8, 4) is 6.07 Å². The SMILES string of the molecule is N#Cc1ccc(CN2CCC(N3CCOC3=O)CC2)cc1. The van der Waals surface area contributed by atoms with Crippen molar-refractivity contribution in [1.29, 1.82) is 5.26 Å². The minimum absolute atomic E-state index is 0.152. The second-order valence-electron chi connectivity index (χ2n) is 5.62. The molecule has 0 bridgehead atoms. The van der Waals surface area contributed by atoms with Crippen LogP contribution in [0.5, 0.6) is 0 Å². The van der Waals surface area contributed by atoms with E-state index in [-0.39, 0.29) is 6.09 Å². The van der Waals surface area contributed by atoms with Crippen LogP contribution in [0.1, 0.15) is 24.0 Å². The van der Waals surface area contributed by atoms with Gasteiger partial charge in [0.05, 0.1) is 18.2 Å². The van der Waals surface area contributed by atoms with Crippen LogP contribution in [0.4, 0.5) is 4.79 Å². The monoisotopic (exact) mass is 285 g/mol. The topological polar surface area (TPSA) is 56.6 Å². The zero-order valence-electron chi connectivity index (χ0n) is 12.0. The van der Waals surface area contributed by atoms with Crippen molar-refractivity contribution in [2.75, 3.05) is 26.2 Å². The van der Waals surface area contributed by atoms with Gasteiger partial charge in [0.15, 0.2) is 0 Å². The van der Waals surface area contributed by atoms with Crippen LogP contribution in [-0.4, -0.2) is 48.2 Å². The van der Waals surface area contributed by atoms with Gasteiger partial charge in [0.1, 0.15) is 6.61 Å². The van der Waals surface area contributed by atoms with Crippen molar-refractivity contribution in [3.63, 3.8) is 0 Å². The lowest BCUT2D eigenvalue weighted by molar-refractivity contribution is 0.115. The Kier molecular flexibility index (Phi) is 4.07. The normalized spacial score (nSPS) is 20.3. The highest BCUT2D eigenvalue weighted by Crippen LogP contribution is 2.21. The minimum Gasteiger partial charge on any atom is -0.448 e. The molecule has 1 aromatic carbocycles. The Morgan fingerprint density at radius 3 is 2.48 bits per heavy atom. The summed E-state index contributed by atoms with van der Waals surface area (Å²) in [6.45, 7) is 4.16. The van der Waals surface area contributed by atoms with Crippen LogP contribution < -0.4 is 0 Å². The number of ether oxygens (including phenoxy) is 1. The molecule has 0 saturated carbocycles. The number of cyclic esters (lactones) is 1. The molecule has 2 heterocycles. The number of benzene rings is 1. The van der Waals surface area contributed by atoms with E-state index >= 15 is 0 Å². The van der Waals surface area contributed by atoms with Crippen molar-refractivity contribution in [2.45, 2.75) is 25.4 Å². The summed E-state index contributed by atoms with van der Waals surface area (Å²) in [4.78, 5) is 15.8. The van der Waals surface area contributed by atoms with E-state index in [2.05, 4.69) is 11.0 Å². The van der Waals surface area contributed by atoms with E-state index in [1.54, 1.807) is 0 Å². The third-order valence-corrected chi connectivity index (χ3v) is 4.28. The molecule has 1 amide bonds. The number of rotatable bonds is 3. The average molecular weight is 285 g/mol. The number of hydrogen-bond acceptors (Lipinski definition) is 4. The molecule has 0 aromatic heterocycles. The highest BCUT2D eigenvalue weighted by atomic mass is 16.6. The molecular formula is C16H19N3O2. The van der Waals surface area contributed by atoms with Crippen LogP contribution in [0.3, 0.4) is 0 Å². The highest BCUT2D eigenvalue weighted by molar-refractivity contribution is 5.69. The predicted octanol–water partition coefficient (Wildman–Crippen LogP) is 1.97. The zero-order chi connectivity index (χ0) is 14.7. The number of nitrogens with zero attached hydrogens (tertiary/aromatic N) is 3. The largest absolute Gasteiger partial charge is 0.448 e. The first-order chi connectivity index (χ1) is 10.3. The third kappa shape index (κ3) is 3.17. The summed E-state index contributed by atoms with van der Waals surface area (Å²) in [5.41, 5.74) is 1.93. The van der Waals surface area contributed by atoms with Crippen molar-refractivity contribution in [3.05, 3.63) is 35.4 Å². The van der Waals surface area contributed by atoms with Crippen molar-refractivity contribution in [2.24, 2.45) is 0 Å². The summed E-state index contributed by atoms with van der Waals surface area (Å²) in [6.07, 6.45) is 1.86. The van der Waals surface area contributed by atoms with Crippen molar-refractivity contribution in [1.82, 2.24) is 9.80 Å². The first-order valence-electron chi connectivity index (χ1n) is 7.41. The molecule has 5 nitrogen and oxygen atoms in total. The molecule has 2 fully saturated rings. The van der Waals surface area contributed by atoms with Gasteiger partial charge in [0.2, 0.25) is 0 Å². The number of carbonyl (C=O) groups excluding carboxylic acids is 1. The maximum atomic E-state index is 11.6. The van der Waals surface area contributed by atoms with E-state index in [0.717, 1.165) is 39.0 Å². The number of carbonyl (C=O) groups is 1. The number of piperidine rings is 1. The molecule has 0 N–H and O–H groups in total. The Bertz CT molecular complexity index is 542. The predicted molar refractivity (Wildman–Crippen MR) is 77.5 cm³/mol. The fourth-order valence-electron chi connectivity index (χ4n) is 3.07. The van der Waals surface area contributed by atoms with Crippen LogP contribution in [0, 0.1) is 11.3 Å². The van der Waals surface area contributed by atoms with Crippen molar-refractivity contribution < 1.29 is 9.53 Å². The maximum absolute atomic E-state index is 11.6. The quantitative estimate of drug-likeness (QED) is 0.852. The summed E-state index contributed by atoms with van der Waals surface area (Å²) in [7, 11) is 0. The van der Waals surface area contributed by atoms with Gasteiger partial charge in [-0.05, 0) is 30.5 Å². The molecule has 2 aliphatic rings. The number of likely N-dealkylation sites (tertiary alicyclic amines) is 1. The average Bonchev–Trinajstić information content (AvgIpc) is 2.95. The van der Waals surface area contributed by atoms with Gasteiger partial charge in [-0.25, -0.2) is 4.79 Å². The highest BCUT2D eigenvalue weighted by Gasteiger charge is 2.31. The minimum atomic E-state index is -0.152. The maximum Gasteiger partial charge on any atom is 0.410 e. The molecule has 1 aromatic rings. The lowest BCUT2D eigenvalue weighted by Crippen LogP contribution is -2.45. The van der Waals surface area contributed by atoms with Gasteiger partial charge >= 0.3 is 6.09 Å². The smallest absolute Gasteiger partial charge is 0.410 e. The molecule has 2 saturated heterocycles. The number of amides is 1. The van der Waals surface area contributed by atoms with Gasteiger partial charge < -0.3 is 9.64 Å². The van der Waals surface area contributed by atoms with Crippen LogP contribution in [0.2, 0.25) is 0 Å². The van der Waals surface area contributed by atoms with Crippen molar-refractivity contribution >= 4 is 6.09 Å². The molecule has 2 aliphatic heterocycles. The van der Waals surface area contributed by atoms with Gasteiger partial charge in [0.25, 0.3) is 0 Å². The van der Waals surface area contributed by atoms with Crippen LogP contribution >= 0.6 is 0 Å². The van der Waals surface area contributed by atoms with Crippen LogP contribution in [0.25, 0.3) is 0 Å². The molecule has 0 radical (unpaired) electrons. The molecule has 0 aliphatic carbocycles. The first kappa shape index (κ1) is 13.9. The molecular weight excluding hydrogens is 266 g/mol. The molecule has 0 spiro atoms. The lowest BCUT2D eigenvalue weighted by Gasteiger charge is -2.35. The van der Waals surface area contributed by atoms with Gasteiger partial charge in [-0.2, -0.15) is 5.26 Å². The summed E-state index contributed by atoms with van der Waals surface area (Å²) < 4.78 is 5.01. The fourth-order valence-corrected chi connectivity index (χ4v) is 3.07. The van der Waals surface area contributed by atoms with Gasteiger partial charge in [0, 0.05) is 25.7 Å². The molecule has 110 valence electrons. The molecule has 3 rings (SSSR count). The van der Waals surface area contributed by atoms with E-state index in [4.69, 9.17) is 10.00 Å². The van der Waals surface area contributed by atoms with E-state index in [0.29, 0.717) is 18.2 Å². The summed E-state index contributed by atoms with van der Waals surface area (Å²) in [6, 6.07) is 10.2. The van der Waals surface area contributed by atoms with E-state index < -0.39 is 0 Å². The standard InChI is InChI=1S/C16H19N3O2/c17-11-13-1-3-14(4-2-13)12-18-7-5-15(6-8-18)19-9-10-21-16(19)20/h1-4,15H,5-10,12H2. The summed E-state index contributed by atoms with van der Waals surface area (Å²) in [5, 5.41) is 8.80. The Morgan fingerprint density at radius 2 is 1.90 bits per heavy atom. The van der Waals surface area contributed by atoms with Crippen LogP contribution in [0.15, 0.2) is 24.3 Å². The Balaban J connectivity index is 1.51. The molecule has 21 heavy (non-hydrogen) atoms. The Hall–Kier alpha value is -2.06. The Labute approximate surface area is 124 Å². The van der Waals surface area contributed by atoms with Gasteiger partial charge in [-0.1, -0.05) is 12.1 Å². The molecule has 5 heteroatoms. The lowest BCUT2D eigenvalue weighted by atomic mass is 10.0. The fraction of sp³-hybridized carbons (Fsp3) is 0.500. The second-order valence-corrected chi connectivity index (χ2v) is 5.62. The van der Waals surface area contributed by atoms with E-state index in [9.17, 15) is 4.79 Å². The molecule has 0 unspecified atom stereocenters. The van der Waals surface area contributed by atoms with Gasteiger partial charge in [-0.15, -0.1) is 0 Å². The van der Waals surface area contributed by atoms with Crippen LogP contribution in [-0.2, 0) is 11.3 Å². The first-order valence-corrected chi connectivity index (χ1v) is 7.41. The third-order valence-electron chi connectivity index (χ3n) is 4.28. The summed E-state index contributed by atoms with van der Waals surface area (Å²) >= 11 is 0. The van der Waals surface area contributed by atoms with Gasteiger partial charge in [-0.3, -0.25) is 4.90 Å². The number of nitriles is 1. The van der Waals surface area contributed by atoms with E-state index in [1.807, 2.05) is 29.2 Å². The Morgan fingerprint density at radius 1 is 1.19 bits per heavy atom. The summed E-state index contributed by atoms with van der Waals surface area (Å²) in [5.74, 6) is 0. The number of hydrogen-bond donors (Lipinski definition) is 0. The zero-order valence-corrected chi connectivity index (χ0v) is 12.0. The van der Waals surface area contributed by atoms with E-state index in [1.165, 1.54) is 5.56 Å². The second kappa shape index (κ2) is 6.15. The molecule has 0 atom stereocenters.